The van der Waals surface area contributed by atoms with Crippen LogP contribution in [-0.4, -0.2) is 25.7 Å². The molecule has 3 heterocycles. The topological polar surface area (TPSA) is 92.7 Å². The summed E-state index contributed by atoms with van der Waals surface area (Å²) in [7, 11) is 0. The second-order valence-corrected chi connectivity index (χ2v) is 7.62. The highest BCUT2D eigenvalue weighted by atomic mass is 32.1. The first-order valence-corrected chi connectivity index (χ1v) is 9.91. The van der Waals surface area contributed by atoms with E-state index in [0.29, 0.717) is 28.3 Å². The lowest BCUT2D eigenvalue weighted by Gasteiger charge is -2.10. The molecule has 1 amide bonds. The predicted octanol–water partition coefficient (Wildman–Crippen LogP) is 3.86. The third kappa shape index (κ3) is 3.62. The average Bonchev–Trinajstić information content (AvgIpc) is 3.36. The number of aromatic nitrogens is 4. The normalized spacial score (nSPS) is 10.9. The molecule has 0 radical (unpaired) electrons. The van der Waals surface area contributed by atoms with E-state index in [-0.39, 0.29) is 17.4 Å². The van der Waals surface area contributed by atoms with Gasteiger partial charge in [0, 0.05) is 22.9 Å². The van der Waals surface area contributed by atoms with E-state index >= 15 is 0 Å². The van der Waals surface area contributed by atoms with Gasteiger partial charge in [0.2, 0.25) is 5.95 Å². The Morgan fingerprint density at radius 3 is 2.62 bits per heavy atom. The number of hydrogen-bond donors (Lipinski definition) is 2. The lowest BCUT2D eigenvalue weighted by Crippen LogP contribution is -2.21. The molecule has 0 fully saturated rings. The van der Waals surface area contributed by atoms with E-state index in [9.17, 15) is 9.59 Å². The SMILES string of the molecule is Cc1ccccc1C(=O)Nc1cc(-c2cccs2)nn1-c1nc(C)c(C)c(=O)[nH]1. The Kier molecular flexibility index (Phi) is 4.85. The van der Waals surface area contributed by atoms with Gasteiger partial charge in [-0.2, -0.15) is 9.78 Å². The number of hydrogen-bond acceptors (Lipinski definition) is 5. The molecule has 0 aliphatic rings. The number of carbonyl (C=O) groups excluding carboxylic acids is 1. The van der Waals surface area contributed by atoms with Crippen molar-refractivity contribution >= 4 is 23.1 Å². The third-order valence-electron chi connectivity index (χ3n) is 4.70. The van der Waals surface area contributed by atoms with Crippen LogP contribution in [0.4, 0.5) is 5.82 Å². The number of rotatable bonds is 4. The standard InChI is InChI=1S/C21H19N5O2S/c1-12-7-4-5-8-15(12)20(28)23-18-11-16(17-9-6-10-29-17)25-26(18)21-22-14(3)13(2)19(27)24-21/h4-11H,1-3H3,(H,23,28)(H,22,24,27). The van der Waals surface area contributed by atoms with Gasteiger partial charge in [0.1, 0.15) is 11.5 Å². The summed E-state index contributed by atoms with van der Waals surface area (Å²) in [5.74, 6) is 0.419. The fraction of sp³-hybridized carbons (Fsp3) is 0.143. The van der Waals surface area contributed by atoms with Gasteiger partial charge < -0.3 is 5.32 Å². The fourth-order valence-corrected chi connectivity index (χ4v) is 3.60. The molecule has 146 valence electrons. The minimum absolute atomic E-state index is 0.239. The summed E-state index contributed by atoms with van der Waals surface area (Å²) in [5.41, 5.74) is 3.03. The van der Waals surface area contributed by atoms with E-state index in [0.717, 1.165) is 10.4 Å². The van der Waals surface area contributed by atoms with Gasteiger partial charge in [0.25, 0.3) is 11.5 Å². The highest BCUT2D eigenvalue weighted by molar-refractivity contribution is 7.13. The van der Waals surface area contributed by atoms with Gasteiger partial charge in [-0.1, -0.05) is 24.3 Å². The van der Waals surface area contributed by atoms with Crippen LogP contribution in [0, 0.1) is 20.8 Å². The molecule has 0 aliphatic heterocycles. The van der Waals surface area contributed by atoms with Gasteiger partial charge in [-0.3, -0.25) is 14.6 Å². The number of aryl methyl sites for hydroxylation is 2. The van der Waals surface area contributed by atoms with Crippen LogP contribution in [-0.2, 0) is 0 Å². The predicted molar refractivity (Wildman–Crippen MR) is 114 cm³/mol. The van der Waals surface area contributed by atoms with Crippen LogP contribution in [0.1, 0.15) is 27.2 Å². The fourth-order valence-electron chi connectivity index (χ4n) is 2.92. The maximum absolute atomic E-state index is 12.9. The molecule has 2 N–H and O–H groups in total. The second-order valence-electron chi connectivity index (χ2n) is 6.67. The van der Waals surface area contributed by atoms with E-state index in [2.05, 4.69) is 20.4 Å². The maximum atomic E-state index is 12.9. The van der Waals surface area contributed by atoms with Crippen LogP contribution in [0.15, 0.2) is 52.6 Å². The average molecular weight is 405 g/mol. The highest BCUT2D eigenvalue weighted by Gasteiger charge is 2.18. The quantitative estimate of drug-likeness (QED) is 0.539. The van der Waals surface area contributed by atoms with Gasteiger partial charge in [-0.05, 0) is 43.8 Å². The number of nitrogens with zero attached hydrogens (tertiary/aromatic N) is 3. The van der Waals surface area contributed by atoms with E-state index in [1.54, 1.807) is 26.0 Å². The maximum Gasteiger partial charge on any atom is 0.257 e. The molecular weight excluding hydrogens is 386 g/mol. The Hall–Kier alpha value is -3.52. The van der Waals surface area contributed by atoms with Crippen molar-refractivity contribution in [3.63, 3.8) is 0 Å². The van der Waals surface area contributed by atoms with Crippen LogP contribution >= 0.6 is 11.3 Å². The molecule has 0 saturated carbocycles. The summed E-state index contributed by atoms with van der Waals surface area (Å²) in [5, 5.41) is 9.44. The molecule has 29 heavy (non-hydrogen) atoms. The number of benzene rings is 1. The Labute approximate surface area is 171 Å². The molecule has 0 aliphatic carbocycles. The summed E-state index contributed by atoms with van der Waals surface area (Å²) in [6.45, 7) is 5.36. The lowest BCUT2D eigenvalue weighted by atomic mass is 10.1. The number of H-pyrrole nitrogens is 1. The number of nitrogens with one attached hydrogen (secondary N) is 2. The molecule has 0 spiro atoms. The zero-order chi connectivity index (χ0) is 20.5. The summed E-state index contributed by atoms with van der Waals surface area (Å²) >= 11 is 1.54. The number of aromatic amines is 1. The molecule has 0 unspecified atom stereocenters. The van der Waals surface area contributed by atoms with E-state index in [4.69, 9.17) is 0 Å². The van der Waals surface area contributed by atoms with Crippen molar-refractivity contribution in [1.82, 2.24) is 19.7 Å². The van der Waals surface area contributed by atoms with Crippen LogP contribution < -0.4 is 10.9 Å². The number of thiophene rings is 1. The number of amides is 1. The van der Waals surface area contributed by atoms with Crippen LogP contribution in [0.5, 0.6) is 0 Å². The summed E-state index contributed by atoms with van der Waals surface area (Å²) in [6.07, 6.45) is 0. The zero-order valence-corrected chi connectivity index (χ0v) is 17.0. The minimum Gasteiger partial charge on any atom is -0.306 e. The molecule has 1 aromatic carbocycles. The molecule has 4 aromatic rings. The van der Waals surface area contributed by atoms with Crippen molar-refractivity contribution in [1.29, 1.82) is 0 Å². The minimum atomic E-state index is -0.256. The molecule has 4 rings (SSSR count). The molecule has 8 heteroatoms. The van der Waals surface area contributed by atoms with Crippen LogP contribution in [0.3, 0.4) is 0 Å². The smallest absolute Gasteiger partial charge is 0.257 e. The van der Waals surface area contributed by atoms with Gasteiger partial charge in [0.15, 0.2) is 0 Å². The molecule has 0 bridgehead atoms. The van der Waals surface area contributed by atoms with Crippen LogP contribution in [0.25, 0.3) is 16.5 Å². The Bertz CT molecular complexity index is 1250. The van der Waals surface area contributed by atoms with E-state index in [1.165, 1.54) is 16.0 Å². The monoisotopic (exact) mass is 405 g/mol. The molecule has 0 atom stereocenters. The lowest BCUT2D eigenvalue weighted by molar-refractivity contribution is 0.102. The highest BCUT2D eigenvalue weighted by Crippen LogP contribution is 2.27. The van der Waals surface area contributed by atoms with Gasteiger partial charge in [-0.25, -0.2) is 4.98 Å². The largest absolute Gasteiger partial charge is 0.306 e. The van der Waals surface area contributed by atoms with Crippen molar-refractivity contribution in [2.75, 3.05) is 5.32 Å². The molecular formula is C21H19N5O2S. The Morgan fingerprint density at radius 2 is 1.93 bits per heavy atom. The number of carbonyl (C=O) groups is 1. The van der Waals surface area contributed by atoms with E-state index < -0.39 is 0 Å². The van der Waals surface area contributed by atoms with Crippen molar-refractivity contribution in [2.45, 2.75) is 20.8 Å². The second kappa shape index (κ2) is 7.48. The van der Waals surface area contributed by atoms with Gasteiger partial charge in [0.05, 0.1) is 4.88 Å². The third-order valence-corrected chi connectivity index (χ3v) is 5.59. The first-order chi connectivity index (χ1) is 13.9. The van der Waals surface area contributed by atoms with Crippen molar-refractivity contribution in [3.05, 3.63) is 80.6 Å². The molecule has 3 aromatic heterocycles. The van der Waals surface area contributed by atoms with E-state index in [1.807, 2.05) is 42.6 Å². The van der Waals surface area contributed by atoms with Gasteiger partial charge in [-0.15, -0.1) is 11.3 Å². The Balaban J connectivity index is 1.81. The van der Waals surface area contributed by atoms with Crippen molar-refractivity contribution < 1.29 is 4.79 Å². The summed E-state index contributed by atoms with van der Waals surface area (Å²) < 4.78 is 1.46. The Morgan fingerprint density at radius 1 is 1.14 bits per heavy atom. The zero-order valence-electron chi connectivity index (χ0n) is 16.2. The number of anilines is 1. The van der Waals surface area contributed by atoms with Gasteiger partial charge >= 0.3 is 0 Å². The summed E-state index contributed by atoms with van der Waals surface area (Å²) in [4.78, 5) is 33.2. The first-order valence-electron chi connectivity index (χ1n) is 9.03. The molecule has 7 nitrogen and oxygen atoms in total. The summed E-state index contributed by atoms with van der Waals surface area (Å²) in [6, 6.07) is 13.0. The molecule has 0 saturated heterocycles. The first kappa shape index (κ1) is 18.8. The van der Waals surface area contributed by atoms with Crippen LogP contribution in [0.2, 0.25) is 0 Å². The van der Waals surface area contributed by atoms with Crippen molar-refractivity contribution in [3.8, 4) is 16.5 Å². The van der Waals surface area contributed by atoms with Crippen molar-refractivity contribution in [2.24, 2.45) is 0 Å².